The summed E-state index contributed by atoms with van der Waals surface area (Å²) in [4.78, 5) is 11.9. The molecule has 0 amide bonds. The van der Waals surface area contributed by atoms with Gasteiger partial charge in [0.15, 0.2) is 5.16 Å². The van der Waals surface area contributed by atoms with Crippen LogP contribution in [0.4, 0.5) is 0 Å². The highest BCUT2D eigenvalue weighted by atomic mass is 32.1. The Labute approximate surface area is 71.7 Å². The van der Waals surface area contributed by atoms with Gasteiger partial charge in [-0.05, 0) is 5.92 Å². The molecule has 1 heterocycles. The molecule has 3 nitrogen and oxygen atoms in total. The van der Waals surface area contributed by atoms with E-state index in [0.29, 0.717) is 11.1 Å². The highest BCUT2D eigenvalue weighted by Gasteiger charge is 2.00. The first-order valence-corrected chi connectivity index (χ1v) is 4.00. The largest absolute Gasteiger partial charge is 0.221 e. The summed E-state index contributed by atoms with van der Waals surface area (Å²) in [5.41, 5.74) is 0. The Balaban J connectivity index is 2.71. The highest BCUT2D eigenvalue weighted by Crippen LogP contribution is 2.02. The van der Waals surface area contributed by atoms with Gasteiger partial charge < -0.3 is 0 Å². The predicted octanol–water partition coefficient (Wildman–Crippen LogP) is 1.36. The lowest BCUT2D eigenvalue weighted by Gasteiger charge is -2.01. The van der Waals surface area contributed by atoms with Gasteiger partial charge in [0, 0.05) is 6.42 Å². The van der Waals surface area contributed by atoms with Crippen LogP contribution in [0.25, 0.3) is 0 Å². The van der Waals surface area contributed by atoms with Crippen LogP contribution in [0.3, 0.4) is 0 Å². The van der Waals surface area contributed by atoms with Crippen LogP contribution in [-0.2, 0) is 6.42 Å². The van der Waals surface area contributed by atoms with Crippen molar-refractivity contribution in [3.63, 3.8) is 0 Å². The molecular formula is C7H11N3S. The van der Waals surface area contributed by atoms with Crippen molar-refractivity contribution in [1.29, 1.82) is 0 Å². The maximum atomic E-state index is 4.06. The highest BCUT2D eigenvalue weighted by molar-refractivity contribution is 7.80. The first-order valence-electron chi connectivity index (χ1n) is 3.55. The second-order valence-electron chi connectivity index (χ2n) is 2.80. The smallest absolute Gasteiger partial charge is 0.187 e. The van der Waals surface area contributed by atoms with Crippen LogP contribution in [0.15, 0.2) is 11.5 Å². The molecule has 1 rings (SSSR count). The van der Waals surface area contributed by atoms with Gasteiger partial charge in [0.25, 0.3) is 0 Å². The molecule has 0 spiro atoms. The summed E-state index contributed by atoms with van der Waals surface area (Å²) in [5, 5.41) is 0.496. The van der Waals surface area contributed by atoms with E-state index < -0.39 is 0 Å². The van der Waals surface area contributed by atoms with E-state index >= 15 is 0 Å². The number of hydrogen-bond donors (Lipinski definition) is 1. The fourth-order valence-corrected chi connectivity index (χ4v) is 0.951. The second-order valence-corrected chi connectivity index (χ2v) is 3.20. The lowest BCUT2D eigenvalue weighted by Crippen LogP contribution is -2.01. The van der Waals surface area contributed by atoms with Gasteiger partial charge in [0.05, 0.1) is 0 Å². The van der Waals surface area contributed by atoms with Crippen molar-refractivity contribution in [2.75, 3.05) is 0 Å². The molecule has 0 fully saturated rings. The van der Waals surface area contributed by atoms with Crippen molar-refractivity contribution < 1.29 is 0 Å². The minimum Gasteiger partial charge on any atom is -0.221 e. The molecule has 0 atom stereocenters. The third kappa shape index (κ3) is 2.84. The Morgan fingerprint density at radius 2 is 2.18 bits per heavy atom. The first kappa shape index (κ1) is 8.46. The van der Waals surface area contributed by atoms with Crippen LogP contribution in [0.1, 0.15) is 19.7 Å². The third-order valence-electron chi connectivity index (χ3n) is 1.20. The van der Waals surface area contributed by atoms with Crippen molar-refractivity contribution in [1.82, 2.24) is 15.0 Å². The zero-order valence-corrected chi connectivity index (χ0v) is 7.55. The van der Waals surface area contributed by atoms with E-state index in [1.807, 2.05) is 0 Å². The number of thiol groups is 1. The van der Waals surface area contributed by atoms with Gasteiger partial charge in [-0.3, -0.25) is 0 Å². The number of nitrogens with zero attached hydrogens (tertiary/aromatic N) is 3. The van der Waals surface area contributed by atoms with E-state index in [1.165, 1.54) is 6.33 Å². The van der Waals surface area contributed by atoms with Crippen LogP contribution in [0.2, 0.25) is 0 Å². The summed E-state index contributed by atoms with van der Waals surface area (Å²) in [6.07, 6.45) is 2.38. The zero-order chi connectivity index (χ0) is 8.27. The van der Waals surface area contributed by atoms with Crippen LogP contribution in [0, 0.1) is 5.92 Å². The summed E-state index contributed by atoms with van der Waals surface area (Å²) < 4.78 is 0. The van der Waals surface area contributed by atoms with Gasteiger partial charge in [0.1, 0.15) is 12.2 Å². The third-order valence-corrected chi connectivity index (χ3v) is 1.42. The van der Waals surface area contributed by atoms with Gasteiger partial charge in [-0.25, -0.2) is 15.0 Å². The molecule has 0 N–H and O–H groups in total. The molecule has 4 heteroatoms. The van der Waals surface area contributed by atoms with Crippen molar-refractivity contribution in [2.45, 2.75) is 25.4 Å². The molecule has 0 radical (unpaired) electrons. The maximum absolute atomic E-state index is 4.06. The van der Waals surface area contributed by atoms with E-state index in [9.17, 15) is 0 Å². The van der Waals surface area contributed by atoms with Crippen LogP contribution in [-0.4, -0.2) is 15.0 Å². The Morgan fingerprint density at radius 1 is 1.45 bits per heavy atom. The molecule has 0 aromatic carbocycles. The molecule has 60 valence electrons. The summed E-state index contributed by atoms with van der Waals surface area (Å²) in [7, 11) is 0. The van der Waals surface area contributed by atoms with Crippen LogP contribution < -0.4 is 0 Å². The molecule has 0 aliphatic heterocycles. The molecule has 11 heavy (non-hydrogen) atoms. The molecule has 1 aromatic rings. The van der Waals surface area contributed by atoms with Crippen LogP contribution >= 0.6 is 12.6 Å². The van der Waals surface area contributed by atoms with E-state index in [0.717, 1.165) is 12.2 Å². The quantitative estimate of drug-likeness (QED) is 0.679. The van der Waals surface area contributed by atoms with E-state index in [-0.39, 0.29) is 0 Å². The molecule has 0 aliphatic carbocycles. The Hall–Kier alpha value is -0.640. The summed E-state index contributed by atoms with van der Waals surface area (Å²) in [6, 6.07) is 0. The van der Waals surface area contributed by atoms with Gasteiger partial charge >= 0.3 is 0 Å². The predicted molar refractivity (Wildman–Crippen MR) is 45.6 cm³/mol. The lowest BCUT2D eigenvalue weighted by molar-refractivity contribution is 0.608. The van der Waals surface area contributed by atoms with Gasteiger partial charge in [-0.15, -0.1) is 12.6 Å². The monoisotopic (exact) mass is 169 g/mol. The molecular weight excluding hydrogens is 158 g/mol. The molecule has 1 aromatic heterocycles. The van der Waals surface area contributed by atoms with Gasteiger partial charge in [-0.2, -0.15) is 0 Å². The van der Waals surface area contributed by atoms with Crippen molar-refractivity contribution >= 4 is 12.6 Å². The Kier molecular flexibility index (Phi) is 2.82. The molecule has 0 saturated heterocycles. The molecule has 0 unspecified atom stereocenters. The second kappa shape index (κ2) is 3.67. The Morgan fingerprint density at radius 3 is 2.73 bits per heavy atom. The topological polar surface area (TPSA) is 38.7 Å². The molecule has 0 bridgehead atoms. The minimum atomic E-state index is 0.496. The van der Waals surface area contributed by atoms with Crippen molar-refractivity contribution in [3.8, 4) is 0 Å². The molecule has 0 aliphatic rings. The number of aromatic nitrogens is 3. The number of rotatable bonds is 2. The van der Waals surface area contributed by atoms with Gasteiger partial charge in [-0.1, -0.05) is 13.8 Å². The van der Waals surface area contributed by atoms with E-state index in [4.69, 9.17) is 0 Å². The SMILES string of the molecule is CC(C)Cc1ncnc(S)n1. The van der Waals surface area contributed by atoms with E-state index in [2.05, 4.69) is 41.4 Å². The standard InChI is InChI=1S/C7H11N3S/c1-5(2)3-6-8-4-9-7(11)10-6/h4-5H,3H2,1-2H3,(H,8,9,10,11). The fraction of sp³-hybridized carbons (Fsp3) is 0.571. The minimum absolute atomic E-state index is 0.496. The summed E-state index contributed by atoms with van der Waals surface area (Å²) >= 11 is 4.01. The van der Waals surface area contributed by atoms with E-state index in [1.54, 1.807) is 0 Å². The zero-order valence-electron chi connectivity index (χ0n) is 6.65. The fourth-order valence-electron chi connectivity index (χ4n) is 0.784. The maximum Gasteiger partial charge on any atom is 0.187 e. The average Bonchev–Trinajstić information content (AvgIpc) is 1.85. The number of hydrogen-bond acceptors (Lipinski definition) is 4. The van der Waals surface area contributed by atoms with Gasteiger partial charge in [0.2, 0.25) is 0 Å². The normalized spacial score (nSPS) is 10.5. The van der Waals surface area contributed by atoms with Crippen molar-refractivity contribution in [3.05, 3.63) is 12.2 Å². The molecule has 0 saturated carbocycles. The average molecular weight is 169 g/mol. The van der Waals surface area contributed by atoms with Crippen molar-refractivity contribution in [2.24, 2.45) is 5.92 Å². The summed E-state index contributed by atoms with van der Waals surface area (Å²) in [6.45, 7) is 4.25. The summed E-state index contributed by atoms with van der Waals surface area (Å²) in [5.74, 6) is 1.39. The van der Waals surface area contributed by atoms with Crippen LogP contribution in [0.5, 0.6) is 0 Å². The Bertz CT molecular complexity index is 237. The lowest BCUT2D eigenvalue weighted by atomic mass is 10.1. The first-order chi connectivity index (χ1) is 5.18.